The molecule has 37 heavy (non-hydrogen) atoms. The van der Waals surface area contributed by atoms with Crippen LogP contribution in [0.5, 0.6) is 17.2 Å². The SMILES string of the molecule is COc1cc(NC(=O)NC(c2ccc(C(F)(F)F)cc2)c2ncccc2C(F)(F)F)cc(OC)c1OC. The average Bonchev–Trinajstić information content (AvgIpc) is 2.85. The van der Waals surface area contributed by atoms with Crippen molar-refractivity contribution in [3.63, 3.8) is 0 Å². The van der Waals surface area contributed by atoms with Crippen molar-refractivity contribution >= 4 is 11.7 Å². The summed E-state index contributed by atoms with van der Waals surface area (Å²) in [5.74, 6) is 0.628. The summed E-state index contributed by atoms with van der Waals surface area (Å²) in [4.78, 5) is 16.7. The normalized spacial score (nSPS) is 12.5. The standard InChI is InChI=1S/C24H21F6N3O4/c1-35-17-11-15(12-18(36-2)21(17)37-3)32-22(34)33-19(13-6-8-14(9-7-13)23(25,26)27)20-16(24(28,29)30)5-4-10-31-20/h4-12,19H,1-3H3,(H2,32,33,34). The van der Waals surface area contributed by atoms with Crippen LogP contribution in [0.4, 0.5) is 36.8 Å². The summed E-state index contributed by atoms with van der Waals surface area (Å²) in [5.41, 5.74) is -2.69. The van der Waals surface area contributed by atoms with Crippen LogP contribution in [-0.4, -0.2) is 32.3 Å². The third-order valence-electron chi connectivity index (χ3n) is 5.19. The Morgan fingerprint density at radius 1 is 0.865 bits per heavy atom. The number of urea groups is 1. The van der Waals surface area contributed by atoms with E-state index in [0.29, 0.717) is 12.1 Å². The fraction of sp³-hybridized carbons (Fsp3) is 0.250. The fourth-order valence-electron chi connectivity index (χ4n) is 3.51. The van der Waals surface area contributed by atoms with Gasteiger partial charge >= 0.3 is 18.4 Å². The van der Waals surface area contributed by atoms with Gasteiger partial charge in [-0.15, -0.1) is 0 Å². The number of hydrogen-bond acceptors (Lipinski definition) is 5. The second-order valence-electron chi connectivity index (χ2n) is 7.50. The van der Waals surface area contributed by atoms with Crippen molar-refractivity contribution in [1.82, 2.24) is 10.3 Å². The van der Waals surface area contributed by atoms with Crippen molar-refractivity contribution < 1.29 is 45.3 Å². The molecule has 0 aliphatic rings. The molecule has 0 saturated carbocycles. The number of carbonyl (C=O) groups excluding carboxylic acids is 1. The lowest BCUT2D eigenvalue weighted by molar-refractivity contribution is -0.139. The number of nitrogens with zero attached hydrogens (tertiary/aromatic N) is 1. The van der Waals surface area contributed by atoms with E-state index in [2.05, 4.69) is 15.6 Å². The molecule has 3 rings (SSSR count). The van der Waals surface area contributed by atoms with Gasteiger partial charge in [-0.1, -0.05) is 12.1 Å². The molecule has 1 atom stereocenters. The van der Waals surface area contributed by atoms with Crippen molar-refractivity contribution in [1.29, 1.82) is 0 Å². The van der Waals surface area contributed by atoms with E-state index in [1.54, 1.807) is 0 Å². The van der Waals surface area contributed by atoms with Crippen molar-refractivity contribution in [2.75, 3.05) is 26.6 Å². The molecule has 0 aliphatic carbocycles. The van der Waals surface area contributed by atoms with Gasteiger partial charge in [0.25, 0.3) is 0 Å². The largest absolute Gasteiger partial charge is 0.493 e. The Hall–Kier alpha value is -4.16. The number of amides is 2. The summed E-state index contributed by atoms with van der Waals surface area (Å²) in [6.07, 6.45) is -8.42. The molecule has 0 bridgehead atoms. The first-order valence-corrected chi connectivity index (χ1v) is 10.5. The molecule has 3 aromatic rings. The van der Waals surface area contributed by atoms with Crippen LogP contribution in [-0.2, 0) is 12.4 Å². The summed E-state index contributed by atoms with van der Waals surface area (Å²) < 4.78 is 95.8. The van der Waals surface area contributed by atoms with Crippen LogP contribution in [0.25, 0.3) is 0 Å². The number of carbonyl (C=O) groups is 1. The Balaban J connectivity index is 2.01. The zero-order valence-corrected chi connectivity index (χ0v) is 19.6. The van der Waals surface area contributed by atoms with E-state index in [9.17, 15) is 31.1 Å². The van der Waals surface area contributed by atoms with Gasteiger partial charge in [0, 0.05) is 18.3 Å². The topological polar surface area (TPSA) is 81.7 Å². The van der Waals surface area contributed by atoms with Crippen LogP contribution in [0.2, 0.25) is 0 Å². The molecular weight excluding hydrogens is 508 g/mol. The first kappa shape index (κ1) is 27.4. The number of methoxy groups -OCH3 is 3. The van der Waals surface area contributed by atoms with Crippen LogP contribution in [0.3, 0.4) is 0 Å². The van der Waals surface area contributed by atoms with Crippen LogP contribution in [0, 0.1) is 0 Å². The van der Waals surface area contributed by atoms with E-state index in [-0.39, 0.29) is 28.5 Å². The first-order chi connectivity index (χ1) is 17.4. The van der Waals surface area contributed by atoms with E-state index in [1.165, 1.54) is 33.5 Å². The molecule has 0 saturated heterocycles. The predicted molar refractivity (Wildman–Crippen MR) is 121 cm³/mol. The highest BCUT2D eigenvalue weighted by Crippen LogP contribution is 2.40. The quantitative estimate of drug-likeness (QED) is 0.364. The molecule has 2 N–H and O–H groups in total. The van der Waals surface area contributed by atoms with Gasteiger partial charge in [0.05, 0.1) is 49.9 Å². The molecule has 1 heterocycles. The van der Waals surface area contributed by atoms with Gasteiger partial charge < -0.3 is 24.8 Å². The summed E-state index contributed by atoms with van der Waals surface area (Å²) in [6.45, 7) is 0. The molecular formula is C24H21F6N3O4. The number of alkyl halides is 6. The molecule has 0 aliphatic heterocycles. The van der Waals surface area contributed by atoms with Crippen molar-refractivity contribution in [2.45, 2.75) is 18.4 Å². The molecule has 2 aromatic carbocycles. The van der Waals surface area contributed by atoms with Crippen molar-refractivity contribution in [2.24, 2.45) is 0 Å². The molecule has 1 unspecified atom stereocenters. The van der Waals surface area contributed by atoms with Gasteiger partial charge in [0.1, 0.15) is 0 Å². The lowest BCUT2D eigenvalue weighted by Gasteiger charge is -2.23. The fourth-order valence-corrected chi connectivity index (χ4v) is 3.51. The van der Waals surface area contributed by atoms with Gasteiger partial charge in [-0.3, -0.25) is 4.98 Å². The minimum Gasteiger partial charge on any atom is -0.493 e. The molecule has 13 heteroatoms. The summed E-state index contributed by atoms with van der Waals surface area (Å²) in [6, 6.07) is 5.43. The molecule has 0 spiro atoms. The highest BCUT2D eigenvalue weighted by Gasteiger charge is 2.37. The van der Waals surface area contributed by atoms with E-state index in [4.69, 9.17) is 14.2 Å². The van der Waals surface area contributed by atoms with Gasteiger partial charge in [-0.25, -0.2) is 4.79 Å². The summed E-state index contributed by atoms with van der Waals surface area (Å²) >= 11 is 0. The zero-order valence-electron chi connectivity index (χ0n) is 19.6. The molecule has 0 radical (unpaired) electrons. The molecule has 7 nitrogen and oxygen atoms in total. The maximum absolute atomic E-state index is 13.7. The Morgan fingerprint density at radius 2 is 1.46 bits per heavy atom. The van der Waals surface area contributed by atoms with Crippen LogP contribution >= 0.6 is 0 Å². The lowest BCUT2D eigenvalue weighted by atomic mass is 9.98. The number of halogens is 6. The third kappa shape index (κ3) is 6.35. The number of pyridine rings is 1. The van der Waals surface area contributed by atoms with Crippen molar-refractivity contribution in [3.05, 3.63) is 77.1 Å². The van der Waals surface area contributed by atoms with E-state index in [1.807, 2.05) is 0 Å². The zero-order chi connectivity index (χ0) is 27.4. The van der Waals surface area contributed by atoms with Crippen molar-refractivity contribution in [3.8, 4) is 17.2 Å². The number of benzene rings is 2. The summed E-state index contributed by atoms with van der Waals surface area (Å²) in [5, 5.41) is 4.82. The number of anilines is 1. The third-order valence-corrected chi connectivity index (χ3v) is 5.19. The highest BCUT2D eigenvalue weighted by molar-refractivity contribution is 5.90. The van der Waals surface area contributed by atoms with Crippen LogP contribution < -0.4 is 24.8 Å². The lowest BCUT2D eigenvalue weighted by Crippen LogP contribution is -2.35. The van der Waals surface area contributed by atoms with E-state index in [0.717, 1.165) is 30.5 Å². The van der Waals surface area contributed by atoms with Crippen LogP contribution in [0.15, 0.2) is 54.7 Å². The molecule has 2 amide bonds. The second-order valence-corrected chi connectivity index (χ2v) is 7.50. The predicted octanol–water partition coefficient (Wildman–Crippen LogP) is 6.06. The highest BCUT2D eigenvalue weighted by atomic mass is 19.4. The van der Waals surface area contributed by atoms with Gasteiger partial charge in [-0.2, -0.15) is 26.3 Å². The number of ether oxygens (including phenoxy) is 3. The smallest absolute Gasteiger partial charge is 0.418 e. The Labute approximate surface area is 207 Å². The number of rotatable bonds is 7. The molecule has 1 aromatic heterocycles. The average molecular weight is 529 g/mol. The summed E-state index contributed by atoms with van der Waals surface area (Å²) in [7, 11) is 4.07. The molecule has 0 fully saturated rings. The van der Waals surface area contributed by atoms with E-state index < -0.39 is 41.2 Å². The van der Waals surface area contributed by atoms with Crippen LogP contribution in [0.1, 0.15) is 28.4 Å². The maximum Gasteiger partial charge on any atom is 0.418 e. The number of nitrogens with one attached hydrogen (secondary N) is 2. The van der Waals surface area contributed by atoms with E-state index >= 15 is 0 Å². The Kier molecular flexibility index (Phi) is 8.04. The minimum atomic E-state index is -4.84. The Bertz CT molecular complexity index is 1220. The molecule has 198 valence electrons. The number of aromatic nitrogens is 1. The maximum atomic E-state index is 13.7. The van der Waals surface area contributed by atoms with Gasteiger partial charge in [-0.05, 0) is 29.8 Å². The Morgan fingerprint density at radius 3 is 1.95 bits per heavy atom. The first-order valence-electron chi connectivity index (χ1n) is 10.5. The minimum absolute atomic E-state index is 0.0581. The monoisotopic (exact) mass is 529 g/mol. The second kappa shape index (κ2) is 10.8. The van der Waals surface area contributed by atoms with Gasteiger partial charge in [0.15, 0.2) is 11.5 Å². The van der Waals surface area contributed by atoms with Gasteiger partial charge in [0.2, 0.25) is 5.75 Å². The number of hydrogen-bond donors (Lipinski definition) is 2.